The molecule has 1 N–H and O–H groups in total. The third kappa shape index (κ3) is 4.45. The highest BCUT2D eigenvalue weighted by Crippen LogP contribution is 2.32. The lowest BCUT2D eigenvalue weighted by atomic mass is 10.0. The lowest BCUT2D eigenvalue weighted by Crippen LogP contribution is -2.38. The highest BCUT2D eigenvalue weighted by Gasteiger charge is 2.20. The maximum absolute atomic E-state index is 12.6. The molecule has 6 nitrogen and oxygen atoms in total. The zero-order chi connectivity index (χ0) is 19.4. The van der Waals surface area contributed by atoms with E-state index in [1.165, 1.54) is 5.56 Å². The molecule has 2 heterocycles. The number of benzene rings is 1. The number of nitrogens with zero attached hydrogens (tertiary/aromatic N) is 1. The van der Waals surface area contributed by atoms with Crippen molar-refractivity contribution in [3.63, 3.8) is 0 Å². The van der Waals surface area contributed by atoms with Crippen LogP contribution in [0.2, 0.25) is 0 Å². The molecule has 1 aromatic carbocycles. The number of hydrogen-bond donors (Lipinski definition) is 1. The molecule has 0 fully saturated rings. The maximum atomic E-state index is 12.6. The van der Waals surface area contributed by atoms with Gasteiger partial charge in [-0.05, 0) is 56.1 Å². The first-order valence-electron chi connectivity index (χ1n) is 9.31. The van der Waals surface area contributed by atoms with Crippen molar-refractivity contribution in [1.82, 2.24) is 10.2 Å². The van der Waals surface area contributed by atoms with Crippen LogP contribution in [0.4, 0.5) is 0 Å². The summed E-state index contributed by atoms with van der Waals surface area (Å²) in [5.41, 5.74) is 3.26. The van der Waals surface area contributed by atoms with Gasteiger partial charge in [0, 0.05) is 18.5 Å². The summed E-state index contributed by atoms with van der Waals surface area (Å²) >= 11 is 0. The van der Waals surface area contributed by atoms with Crippen LogP contribution in [0.25, 0.3) is 0 Å². The predicted molar refractivity (Wildman–Crippen MR) is 103 cm³/mol. The average molecular weight is 372 g/mol. The molecule has 0 radical (unpaired) electrons. The minimum absolute atomic E-state index is 0.0172. The Morgan fingerprint density at radius 2 is 2.04 bits per heavy atom. The van der Waals surface area contributed by atoms with Gasteiger partial charge in [-0.15, -0.1) is 0 Å². The monoisotopic (exact) mass is 372 g/mol. The summed E-state index contributed by atoms with van der Waals surface area (Å²) in [7, 11) is 3.23. The number of nitrogens with one attached hydrogen (secondary N) is 1. The van der Waals surface area contributed by atoms with Gasteiger partial charge < -0.3 is 19.2 Å². The van der Waals surface area contributed by atoms with E-state index in [0.29, 0.717) is 18.0 Å². The molecule has 1 atom stereocenters. The van der Waals surface area contributed by atoms with E-state index < -0.39 is 0 Å². The molecule has 146 valence electrons. The van der Waals surface area contributed by atoms with E-state index in [9.17, 15) is 4.79 Å². The topological polar surface area (TPSA) is 63.9 Å². The lowest BCUT2D eigenvalue weighted by Gasteiger charge is -2.22. The van der Waals surface area contributed by atoms with E-state index in [1.54, 1.807) is 20.5 Å². The summed E-state index contributed by atoms with van der Waals surface area (Å²) in [5.74, 6) is 2.42. The molecule has 1 aromatic heterocycles. The van der Waals surface area contributed by atoms with Crippen molar-refractivity contribution in [3.05, 3.63) is 46.9 Å². The zero-order valence-corrected chi connectivity index (χ0v) is 16.5. The predicted octanol–water partition coefficient (Wildman–Crippen LogP) is 3.23. The first-order valence-corrected chi connectivity index (χ1v) is 9.31. The lowest BCUT2D eigenvalue weighted by molar-refractivity contribution is -0.123. The summed E-state index contributed by atoms with van der Waals surface area (Å²) in [6, 6.07) is 5.75. The normalized spacial score (nSPS) is 15.6. The summed E-state index contributed by atoms with van der Waals surface area (Å²) < 4.78 is 16.3. The van der Waals surface area contributed by atoms with Gasteiger partial charge in [-0.25, -0.2) is 0 Å². The highest BCUT2D eigenvalue weighted by atomic mass is 16.5. The number of carbonyl (C=O) groups is 1. The Morgan fingerprint density at radius 3 is 2.78 bits per heavy atom. The van der Waals surface area contributed by atoms with Crippen LogP contribution >= 0.6 is 0 Å². The number of methoxy groups -OCH3 is 2. The van der Waals surface area contributed by atoms with Crippen molar-refractivity contribution in [2.45, 2.75) is 39.3 Å². The van der Waals surface area contributed by atoms with Gasteiger partial charge >= 0.3 is 0 Å². The Morgan fingerprint density at radius 1 is 1.30 bits per heavy atom. The highest BCUT2D eigenvalue weighted by molar-refractivity contribution is 5.78. The maximum Gasteiger partial charge on any atom is 0.234 e. The van der Waals surface area contributed by atoms with Gasteiger partial charge in [0.2, 0.25) is 5.91 Å². The van der Waals surface area contributed by atoms with Gasteiger partial charge in [-0.1, -0.05) is 0 Å². The quantitative estimate of drug-likeness (QED) is 0.843. The Bertz CT molecular complexity index is 799. The molecule has 0 aliphatic carbocycles. The van der Waals surface area contributed by atoms with Crippen molar-refractivity contribution >= 4 is 5.91 Å². The number of amides is 1. The van der Waals surface area contributed by atoms with Crippen molar-refractivity contribution in [3.8, 4) is 11.5 Å². The van der Waals surface area contributed by atoms with E-state index in [1.807, 2.05) is 32.0 Å². The number of hydrogen-bond acceptors (Lipinski definition) is 5. The van der Waals surface area contributed by atoms with Gasteiger partial charge in [0.05, 0.1) is 33.1 Å². The van der Waals surface area contributed by atoms with Gasteiger partial charge in [0.25, 0.3) is 0 Å². The van der Waals surface area contributed by atoms with Crippen LogP contribution in [0, 0.1) is 6.92 Å². The SMILES string of the molecule is COc1cc(C)c([C@H](C)NC(=O)CN2CCCc3occc3C2)cc1OC. The number of carbonyl (C=O) groups excluding carboxylic acids is 1. The van der Waals surface area contributed by atoms with Crippen LogP contribution in [0.15, 0.2) is 28.9 Å². The Kier molecular flexibility index (Phi) is 6.06. The molecule has 1 aliphatic heterocycles. The number of ether oxygens (including phenoxy) is 2. The molecule has 6 heteroatoms. The molecule has 2 aromatic rings. The van der Waals surface area contributed by atoms with Crippen molar-refractivity contribution in [2.75, 3.05) is 27.3 Å². The van der Waals surface area contributed by atoms with Crippen molar-refractivity contribution < 1.29 is 18.7 Å². The van der Waals surface area contributed by atoms with E-state index in [-0.39, 0.29) is 11.9 Å². The van der Waals surface area contributed by atoms with Gasteiger partial charge in [0.1, 0.15) is 5.76 Å². The van der Waals surface area contributed by atoms with E-state index >= 15 is 0 Å². The fourth-order valence-corrected chi connectivity index (χ4v) is 3.68. The Hall–Kier alpha value is -2.47. The largest absolute Gasteiger partial charge is 0.493 e. The third-order valence-corrected chi connectivity index (χ3v) is 5.09. The molecule has 3 rings (SSSR count). The minimum atomic E-state index is -0.117. The van der Waals surface area contributed by atoms with Crippen molar-refractivity contribution in [1.29, 1.82) is 0 Å². The summed E-state index contributed by atoms with van der Waals surface area (Å²) in [6.45, 7) is 6.02. The summed E-state index contributed by atoms with van der Waals surface area (Å²) in [4.78, 5) is 14.8. The van der Waals surface area contributed by atoms with Crippen LogP contribution in [0.3, 0.4) is 0 Å². The zero-order valence-electron chi connectivity index (χ0n) is 16.5. The standard InChI is InChI=1S/C21H28N2O4/c1-14-10-19(25-3)20(26-4)11-17(14)15(2)22-21(24)13-23-8-5-6-18-16(12-23)7-9-27-18/h7,9-11,15H,5-6,8,12-13H2,1-4H3,(H,22,24)/t15-/m0/s1. The molecule has 1 aliphatic rings. The smallest absolute Gasteiger partial charge is 0.234 e. The first kappa shape index (κ1) is 19.3. The van der Waals surface area contributed by atoms with E-state index in [4.69, 9.17) is 13.9 Å². The molecule has 27 heavy (non-hydrogen) atoms. The fraction of sp³-hybridized carbons (Fsp3) is 0.476. The summed E-state index contributed by atoms with van der Waals surface area (Å²) in [5, 5.41) is 3.11. The third-order valence-electron chi connectivity index (χ3n) is 5.09. The number of furan rings is 1. The average Bonchev–Trinajstić information content (AvgIpc) is 2.99. The van der Waals surface area contributed by atoms with Crippen LogP contribution in [-0.4, -0.2) is 38.1 Å². The first-order chi connectivity index (χ1) is 13.0. The molecule has 0 spiro atoms. The van der Waals surface area contributed by atoms with Crippen LogP contribution in [0.5, 0.6) is 11.5 Å². The fourth-order valence-electron chi connectivity index (χ4n) is 3.68. The summed E-state index contributed by atoms with van der Waals surface area (Å²) in [6.07, 6.45) is 3.66. The molecular formula is C21H28N2O4. The van der Waals surface area contributed by atoms with Crippen LogP contribution < -0.4 is 14.8 Å². The second kappa shape index (κ2) is 8.48. The molecule has 1 amide bonds. The Labute approximate surface area is 160 Å². The van der Waals surface area contributed by atoms with Gasteiger partial charge in [-0.3, -0.25) is 9.69 Å². The minimum Gasteiger partial charge on any atom is -0.493 e. The second-order valence-corrected chi connectivity index (χ2v) is 7.04. The van der Waals surface area contributed by atoms with Crippen LogP contribution in [0.1, 0.15) is 41.8 Å². The van der Waals surface area contributed by atoms with Gasteiger partial charge in [0.15, 0.2) is 11.5 Å². The number of fused-ring (bicyclic) bond motifs is 1. The molecule has 0 saturated carbocycles. The molecular weight excluding hydrogens is 344 g/mol. The second-order valence-electron chi connectivity index (χ2n) is 7.04. The van der Waals surface area contributed by atoms with E-state index in [2.05, 4.69) is 10.2 Å². The molecule has 0 unspecified atom stereocenters. The van der Waals surface area contributed by atoms with E-state index in [0.717, 1.165) is 42.8 Å². The van der Waals surface area contributed by atoms with Gasteiger partial charge in [-0.2, -0.15) is 0 Å². The molecule has 0 bridgehead atoms. The van der Waals surface area contributed by atoms with Crippen molar-refractivity contribution in [2.24, 2.45) is 0 Å². The number of rotatable bonds is 6. The number of aryl methyl sites for hydroxylation is 2. The molecule has 0 saturated heterocycles. The Balaban J connectivity index is 1.64. The van der Waals surface area contributed by atoms with Crippen LogP contribution in [-0.2, 0) is 17.8 Å².